The van der Waals surface area contributed by atoms with E-state index in [2.05, 4.69) is 5.32 Å². The quantitative estimate of drug-likeness (QED) is 0.614. The van der Waals surface area contributed by atoms with E-state index in [9.17, 15) is 13.2 Å². The molecule has 2 aromatic carbocycles. The third kappa shape index (κ3) is 6.25. The summed E-state index contributed by atoms with van der Waals surface area (Å²) in [4.78, 5) is 12.5. The van der Waals surface area contributed by atoms with Crippen molar-refractivity contribution in [2.75, 3.05) is 12.8 Å². The molecule has 1 fully saturated rings. The fraction of sp³-hybridized carbons (Fsp3) is 0.375. The van der Waals surface area contributed by atoms with Crippen LogP contribution in [0.3, 0.4) is 0 Å². The topological polar surface area (TPSA) is 90.9 Å². The zero-order chi connectivity index (χ0) is 24.3. The average Bonchev–Trinajstić information content (AvgIpc) is 2.96. The minimum Gasteiger partial charge on any atom is -0.445 e. The van der Waals surface area contributed by atoms with E-state index in [-0.39, 0.29) is 18.0 Å². The Morgan fingerprint density at radius 1 is 1.00 bits per heavy atom. The van der Waals surface area contributed by atoms with Gasteiger partial charge in [0.15, 0.2) is 9.84 Å². The number of benzene rings is 2. The molecule has 0 saturated carbocycles. The molecule has 1 amide bonds. The molecule has 1 saturated heterocycles. The van der Waals surface area contributed by atoms with Gasteiger partial charge in [-0.15, -0.1) is 0 Å². The van der Waals surface area contributed by atoms with Gasteiger partial charge in [0.1, 0.15) is 6.61 Å². The first-order chi connectivity index (χ1) is 15.4. The zero-order valence-corrected chi connectivity index (χ0v) is 20.4. The van der Waals surface area contributed by atoms with Crippen molar-refractivity contribution in [3.63, 3.8) is 0 Å². The molecule has 1 heterocycles. The Morgan fingerprint density at radius 2 is 1.58 bits per heavy atom. The summed E-state index contributed by atoms with van der Waals surface area (Å²) in [7, 11) is -4.22. The van der Waals surface area contributed by atoms with E-state index in [1.165, 1.54) is 0 Å². The van der Waals surface area contributed by atoms with Crippen molar-refractivity contribution in [3.8, 4) is 0 Å². The van der Waals surface area contributed by atoms with Crippen molar-refractivity contribution in [2.24, 2.45) is 0 Å². The Balaban J connectivity index is 1.83. The normalized spacial score (nSPS) is 17.6. The summed E-state index contributed by atoms with van der Waals surface area (Å²) in [5.41, 5.74) is 0.740. The SMILES string of the molecule is CC1(C)OB(C(=Cc2ccccc2S(C)(=O)=O)CNC(=O)OCc2ccccc2)OC1(C)C. The van der Waals surface area contributed by atoms with Crippen LogP contribution in [0.4, 0.5) is 4.79 Å². The van der Waals surface area contributed by atoms with Gasteiger partial charge < -0.3 is 19.4 Å². The van der Waals surface area contributed by atoms with Gasteiger partial charge in [-0.2, -0.15) is 0 Å². The number of nitrogens with one attached hydrogen (secondary N) is 1. The van der Waals surface area contributed by atoms with Crippen molar-refractivity contribution in [2.45, 2.75) is 50.4 Å². The Hall–Kier alpha value is -2.62. The fourth-order valence-corrected chi connectivity index (χ4v) is 4.16. The van der Waals surface area contributed by atoms with E-state index in [1.807, 2.05) is 58.0 Å². The van der Waals surface area contributed by atoms with Gasteiger partial charge in [0.05, 0.1) is 16.1 Å². The maximum Gasteiger partial charge on any atom is 0.492 e. The van der Waals surface area contributed by atoms with Gasteiger partial charge in [-0.1, -0.05) is 54.6 Å². The van der Waals surface area contributed by atoms with Crippen molar-refractivity contribution in [1.82, 2.24) is 5.32 Å². The fourth-order valence-electron chi connectivity index (χ4n) is 3.28. The number of hydrogen-bond acceptors (Lipinski definition) is 6. The van der Waals surface area contributed by atoms with Crippen molar-refractivity contribution in [3.05, 3.63) is 71.2 Å². The van der Waals surface area contributed by atoms with Crippen LogP contribution in [0.25, 0.3) is 6.08 Å². The second kappa shape index (κ2) is 9.71. The highest BCUT2D eigenvalue weighted by molar-refractivity contribution is 7.90. The first kappa shape index (κ1) is 25.0. The maximum atomic E-state index is 12.3. The molecule has 0 spiro atoms. The van der Waals surface area contributed by atoms with Crippen LogP contribution in [-0.4, -0.2) is 45.6 Å². The van der Waals surface area contributed by atoms with E-state index in [0.29, 0.717) is 11.0 Å². The monoisotopic (exact) mass is 471 g/mol. The molecule has 7 nitrogen and oxygen atoms in total. The lowest BCUT2D eigenvalue weighted by Gasteiger charge is -2.32. The van der Waals surface area contributed by atoms with E-state index < -0.39 is 34.3 Å². The predicted octanol–water partition coefficient (Wildman–Crippen LogP) is 4.03. The zero-order valence-electron chi connectivity index (χ0n) is 19.6. The van der Waals surface area contributed by atoms with Crippen molar-refractivity contribution >= 4 is 29.1 Å². The number of alkyl carbamates (subject to hydrolysis) is 1. The molecule has 33 heavy (non-hydrogen) atoms. The maximum absolute atomic E-state index is 12.3. The lowest BCUT2D eigenvalue weighted by atomic mass is 9.77. The first-order valence-corrected chi connectivity index (χ1v) is 12.6. The summed E-state index contributed by atoms with van der Waals surface area (Å²) < 4.78 is 42.1. The van der Waals surface area contributed by atoms with Crippen LogP contribution in [0.1, 0.15) is 38.8 Å². The molecular formula is C24H30BNO6S. The predicted molar refractivity (Wildman–Crippen MR) is 128 cm³/mol. The van der Waals surface area contributed by atoms with Gasteiger partial charge in [0.25, 0.3) is 0 Å². The van der Waals surface area contributed by atoms with Gasteiger partial charge in [0.2, 0.25) is 0 Å². The largest absolute Gasteiger partial charge is 0.492 e. The van der Waals surface area contributed by atoms with Crippen LogP contribution in [0.5, 0.6) is 0 Å². The molecule has 0 aromatic heterocycles. The van der Waals surface area contributed by atoms with Gasteiger partial charge in [-0.05, 0) is 50.4 Å². The third-order valence-corrected chi connectivity index (χ3v) is 7.04. The van der Waals surface area contributed by atoms with Crippen LogP contribution in [0.15, 0.2) is 65.0 Å². The third-order valence-electron chi connectivity index (χ3n) is 5.86. The minimum absolute atomic E-state index is 0.0581. The molecule has 176 valence electrons. The summed E-state index contributed by atoms with van der Waals surface area (Å²) in [5, 5.41) is 2.72. The van der Waals surface area contributed by atoms with E-state index in [0.717, 1.165) is 11.8 Å². The molecule has 0 bridgehead atoms. The summed E-state index contributed by atoms with van der Waals surface area (Å²) in [5.74, 6) is 0. The Morgan fingerprint density at radius 3 is 2.18 bits per heavy atom. The summed E-state index contributed by atoms with van der Waals surface area (Å²) >= 11 is 0. The highest BCUT2D eigenvalue weighted by Crippen LogP contribution is 2.39. The number of amides is 1. The molecule has 1 aliphatic heterocycles. The Kier molecular flexibility index (Phi) is 7.36. The number of hydrogen-bond donors (Lipinski definition) is 1. The molecule has 0 atom stereocenters. The molecule has 0 aliphatic carbocycles. The van der Waals surface area contributed by atoms with Crippen molar-refractivity contribution in [1.29, 1.82) is 0 Å². The van der Waals surface area contributed by atoms with E-state index in [4.69, 9.17) is 14.0 Å². The molecule has 1 aliphatic rings. The van der Waals surface area contributed by atoms with Crippen LogP contribution in [0.2, 0.25) is 0 Å². The van der Waals surface area contributed by atoms with Gasteiger partial charge >= 0.3 is 13.2 Å². The molecule has 2 aromatic rings. The van der Waals surface area contributed by atoms with Crippen LogP contribution in [-0.2, 0) is 30.5 Å². The molecule has 9 heteroatoms. The number of carbonyl (C=O) groups is 1. The van der Waals surface area contributed by atoms with Crippen LogP contribution >= 0.6 is 0 Å². The smallest absolute Gasteiger partial charge is 0.445 e. The lowest BCUT2D eigenvalue weighted by Crippen LogP contribution is -2.41. The van der Waals surface area contributed by atoms with E-state index >= 15 is 0 Å². The summed E-state index contributed by atoms with van der Waals surface area (Å²) in [6.07, 6.45) is 2.25. The molecule has 0 unspecified atom stereocenters. The number of carbonyl (C=O) groups excluding carboxylic acids is 1. The highest BCUT2D eigenvalue weighted by Gasteiger charge is 2.52. The molecule has 3 rings (SSSR count). The number of ether oxygens (including phenoxy) is 1. The summed E-state index contributed by atoms with van der Waals surface area (Å²) in [6.45, 7) is 7.90. The number of rotatable bonds is 7. The first-order valence-electron chi connectivity index (χ1n) is 10.7. The Bertz CT molecular complexity index is 1110. The lowest BCUT2D eigenvalue weighted by molar-refractivity contribution is 0.00578. The van der Waals surface area contributed by atoms with Gasteiger partial charge in [-0.3, -0.25) is 0 Å². The standard InChI is InChI=1S/C24H30BNO6S/c1-23(2)24(3,4)32-25(31-23)20(15-19-13-9-10-14-21(19)33(5,28)29)16-26-22(27)30-17-18-11-7-6-8-12-18/h6-15H,16-17H2,1-5H3,(H,26,27). The average molecular weight is 471 g/mol. The molecule has 1 N–H and O–H groups in total. The van der Waals surface area contributed by atoms with E-state index in [1.54, 1.807) is 30.3 Å². The second-order valence-corrected chi connectivity index (χ2v) is 11.0. The summed E-state index contributed by atoms with van der Waals surface area (Å²) in [6, 6.07) is 16.0. The van der Waals surface area contributed by atoms with Gasteiger partial charge in [0, 0.05) is 12.8 Å². The Labute approximate surface area is 196 Å². The van der Waals surface area contributed by atoms with Crippen LogP contribution < -0.4 is 5.32 Å². The number of sulfone groups is 1. The van der Waals surface area contributed by atoms with Crippen LogP contribution in [0, 0.1) is 0 Å². The highest BCUT2D eigenvalue weighted by atomic mass is 32.2. The molecule has 0 radical (unpaired) electrons. The van der Waals surface area contributed by atoms with Crippen molar-refractivity contribution < 1.29 is 27.3 Å². The second-order valence-electron chi connectivity index (χ2n) is 9.03. The minimum atomic E-state index is -3.46. The molecular weight excluding hydrogens is 441 g/mol. The van der Waals surface area contributed by atoms with Gasteiger partial charge in [-0.25, -0.2) is 13.2 Å².